The van der Waals surface area contributed by atoms with Crippen LogP contribution in [0.4, 0.5) is 4.39 Å². The summed E-state index contributed by atoms with van der Waals surface area (Å²) in [7, 11) is 4.19. The van der Waals surface area contributed by atoms with Gasteiger partial charge in [0.05, 0.1) is 0 Å². The van der Waals surface area contributed by atoms with E-state index in [9.17, 15) is 4.39 Å². The Bertz CT molecular complexity index is 409. The normalized spacial score (nSPS) is 17.6. The van der Waals surface area contributed by atoms with E-state index in [4.69, 9.17) is 4.74 Å². The zero-order chi connectivity index (χ0) is 13.7. The highest BCUT2D eigenvalue weighted by atomic mass is 19.1. The van der Waals surface area contributed by atoms with Crippen LogP contribution >= 0.6 is 0 Å². The zero-order valence-electron chi connectivity index (χ0n) is 11.8. The predicted octanol–water partition coefficient (Wildman–Crippen LogP) is 2.06. The van der Waals surface area contributed by atoms with Gasteiger partial charge in [-0.1, -0.05) is 0 Å². The molecular weight excluding hydrogens is 243 g/mol. The van der Waals surface area contributed by atoms with Crippen LogP contribution in [0.2, 0.25) is 0 Å². The van der Waals surface area contributed by atoms with Crippen molar-refractivity contribution in [2.45, 2.75) is 25.4 Å². The maximum Gasteiger partial charge on any atom is 0.123 e. The van der Waals surface area contributed by atoms with Gasteiger partial charge in [-0.05, 0) is 58.2 Å². The Labute approximate surface area is 114 Å². The Balaban J connectivity index is 1.62. The van der Waals surface area contributed by atoms with Crippen molar-refractivity contribution in [3.63, 3.8) is 0 Å². The van der Waals surface area contributed by atoms with Crippen molar-refractivity contribution < 1.29 is 9.13 Å². The van der Waals surface area contributed by atoms with Gasteiger partial charge in [0, 0.05) is 18.5 Å². The number of benzene rings is 1. The van der Waals surface area contributed by atoms with E-state index in [2.05, 4.69) is 24.3 Å². The van der Waals surface area contributed by atoms with Gasteiger partial charge in [-0.25, -0.2) is 4.39 Å². The smallest absolute Gasteiger partial charge is 0.123 e. The Morgan fingerprint density at radius 3 is 3.00 bits per heavy atom. The minimum Gasteiger partial charge on any atom is -0.488 e. The molecule has 0 fully saturated rings. The Morgan fingerprint density at radius 1 is 1.37 bits per heavy atom. The molecule has 1 unspecified atom stereocenters. The van der Waals surface area contributed by atoms with Gasteiger partial charge in [-0.3, -0.25) is 0 Å². The predicted molar refractivity (Wildman–Crippen MR) is 75.2 cm³/mol. The molecule has 0 radical (unpaired) electrons. The van der Waals surface area contributed by atoms with E-state index in [0.29, 0.717) is 0 Å². The van der Waals surface area contributed by atoms with Crippen LogP contribution in [0.3, 0.4) is 0 Å². The highest BCUT2D eigenvalue weighted by molar-refractivity contribution is 5.37. The van der Waals surface area contributed by atoms with Gasteiger partial charge in [0.15, 0.2) is 0 Å². The van der Waals surface area contributed by atoms with Crippen LogP contribution in [0, 0.1) is 5.82 Å². The SMILES string of the molecule is CN(C)CCCCNCC1Cc2cc(F)ccc2O1. The van der Waals surface area contributed by atoms with Crippen LogP contribution in [0.25, 0.3) is 0 Å². The lowest BCUT2D eigenvalue weighted by Crippen LogP contribution is -2.31. The van der Waals surface area contributed by atoms with Gasteiger partial charge in [0.1, 0.15) is 17.7 Å². The highest BCUT2D eigenvalue weighted by Gasteiger charge is 2.22. The number of unbranched alkanes of at least 4 members (excludes halogenated alkanes) is 1. The van der Waals surface area contributed by atoms with Gasteiger partial charge in [0.2, 0.25) is 0 Å². The number of hydrogen-bond donors (Lipinski definition) is 1. The topological polar surface area (TPSA) is 24.5 Å². The van der Waals surface area contributed by atoms with E-state index >= 15 is 0 Å². The van der Waals surface area contributed by atoms with Crippen molar-refractivity contribution in [3.8, 4) is 5.75 Å². The molecular formula is C15H23FN2O. The second-order valence-electron chi connectivity index (χ2n) is 5.41. The average molecular weight is 266 g/mol. The average Bonchev–Trinajstić information content (AvgIpc) is 2.75. The summed E-state index contributed by atoms with van der Waals surface area (Å²) in [5.74, 6) is 0.653. The standard InChI is InChI=1S/C15H23FN2O/c1-18(2)8-4-3-7-17-11-14-10-12-9-13(16)5-6-15(12)19-14/h5-6,9,14,17H,3-4,7-8,10-11H2,1-2H3. The molecule has 1 aromatic carbocycles. The van der Waals surface area contributed by atoms with Gasteiger partial charge in [0.25, 0.3) is 0 Å². The Hall–Kier alpha value is -1.13. The lowest BCUT2D eigenvalue weighted by atomic mass is 10.1. The molecule has 1 heterocycles. The molecule has 0 saturated heterocycles. The lowest BCUT2D eigenvalue weighted by molar-refractivity contribution is 0.227. The molecule has 106 valence electrons. The maximum absolute atomic E-state index is 13.1. The van der Waals surface area contributed by atoms with Gasteiger partial charge in [-0.15, -0.1) is 0 Å². The molecule has 1 aromatic rings. The fourth-order valence-corrected chi connectivity index (χ4v) is 2.34. The van der Waals surface area contributed by atoms with Crippen molar-refractivity contribution in [2.24, 2.45) is 0 Å². The van der Waals surface area contributed by atoms with Crippen molar-refractivity contribution in [1.29, 1.82) is 0 Å². The van der Waals surface area contributed by atoms with Crippen molar-refractivity contribution in [3.05, 3.63) is 29.6 Å². The van der Waals surface area contributed by atoms with Crippen LogP contribution in [0.15, 0.2) is 18.2 Å². The molecule has 0 bridgehead atoms. The molecule has 4 heteroatoms. The Morgan fingerprint density at radius 2 is 2.21 bits per heavy atom. The van der Waals surface area contributed by atoms with Crippen LogP contribution in [-0.2, 0) is 6.42 Å². The fraction of sp³-hybridized carbons (Fsp3) is 0.600. The summed E-state index contributed by atoms with van der Waals surface area (Å²) >= 11 is 0. The molecule has 19 heavy (non-hydrogen) atoms. The monoisotopic (exact) mass is 266 g/mol. The molecule has 0 aromatic heterocycles. The quantitative estimate of drug-likeness (QED) is 0.765. The van der Waals surface area contributed by atoms with Crippen molar-refractivity contribution in [2.75, 3.05) is 33.7 Å². The number of ether oxygens (including phenoxy) is 1. The van der Waals surface area contributed by atoms with Crippen LogP contribution in [0.5, 0.6) is 5.75 Å². The first-order chi connectivity index (χ1) is 9.15. The second kappa shape index (κ2) is 6.87. The first kappa shape index (κ1) is 14.3. The van der Waals surface area contributed by atoms with Gasteiger partial charge >= 0.3 is 0 Å². The second-order valence-corrected chi connectivity index (χ2v) is 5.41. The van der Waals surface area contributed by atoms with Gasteiger partial charge < -0.3 is 15.0 Å². The van der Waals surface area contributed by atoms with E-state index < -0.39 is 0 Å². The molecule has 0 aliphatic carbocycles. The largest absolute Gasteiger partial charge is 0.488 e. The summed E-state index contributed by atoms with van der Waals surface area (Å²) in [6, 6.07) is 4.75. The fourth-order valence-electron chi connectivity index (χ4n) is 2.34. The zero-order valence-corrected chi connectivity index (χ0v) is 11.8. The molecule has 2 rings (SSSR count). The summed E-state index contributed by atoms with van der Waals surface area (Å²) in [5.41, 5.74) is 0.986. The third-order valence-corrected chi connectivity index (χ3v) is 3.34. The van der Waals surface area contributed by atoms with Gasteiger partial charge in [-0.2, -0.15) is 0 Å². The van der Waals surface area contributed by atoms with E-state index in [0.717, 1.165) is 37.4 Å². The van der Waals surface area contributed by atoms with Crippen LogP contribution in [0.1, 0.15) is 18.4 Å². The van der Waals surface area contributed by atoms with E-state index in [1.54, 1.807) is 12.1 Å². The lowest BCUT2D eigenvalue weighted by Gasteiger charge is -2.12. The highest BCUT2D eigenvalue weighted by Crippen LogP contribution is 2.28. The molecule has 0 saturated carbocycles. The molecule has 1 aliphatic heterocycles. The summed E-state index contributed by atoms with van der Waals surface area (Å²) in [4.78, 5) is 2.20. The number of nitrogens with zero attached hydrogens (tertiary/aromatic N) is 1. The van der Waals surface area contributed by atoms with Crippen molar-refractivity contribution in [1.82, 2.24) is 10.2 Å². The molecule has 1 aliphatic rings. The maximum atomic E-state index is 13.1. The first-order valence-corrected chi connectivity index (χ1v) is 6.95. The first-order valence-electron chi connectivity index (χ1n) is 6.95. The van der Waals surface area contributed by atoms with Crippen LogP contribution in [-0.4, -0.2) is 44.7 Å². The minimum atomic E-state index is -0.181. The number of nitrogens with one attached hydrogen (secondary N) is 1. The van der Waals surface area contributed by atoms with Crippen LogP contribution < -0.4 is 10.1 Å². The molecule has 1 N–H and O–H groups in total. The summed E-state index contributed by atoms with van der Waals surface area (Å²) in [5, 5.41) is 3.41. The van der Waals surface area contributed by atoms with E-state index in [-0.39, 0.29) is 11.9 Å². The third kappa shape index (κ3) is 4.48. The number of rotatable bonds is 7. The minimum absolute atomic E-state index is 0.144. The molecule has 0 spiro atoms. The summed E-state index contributed by atoms with van der Waals surface area (Å²) < 4.78 is 18.8. The van der Waals surface area contributed by atoms with Crippen molar-refractivity contribution >= 4 is 0 Å². The number of hydrogen-bond acceptors (Lipinski definition) is 3. The molecule has 0 amide bonds. The number of fused-ring (bicyclic) bond motifs is 1. The molecule has 1 atom stereocenters. The third-order valence-electron chi connectivity index (χ3n) is 3.34. The van der Waals surface area contributed by atoms with E-state index in [1.165, 1.54) is 18.9 Å². The summed E-state index contributed by atoms with van der Waals surface area (Å²) in [6.45, 7) is 2.98. The van der Waals surface area contributed by atoms with E-state index in [1.807, 2.05) is 0 Å². The summed E-state index contributed by atoms with van der Waals surface area (Å²) in [6.07, 6.45) is 3.33. The number of halogens is 1. The molecule has 3 nitrogen and oxygen atoms in total. The Kier molecular flexibility index (Phi) is 5.16.